The summed E-state index contributed by atoms with van der Waals surface area (Å²) >= 11 is 6.46. The summed E-state index contributed by atoms with van der Waals surface area (Å²) in [5, 5.41) is 13.6. The minimum atomic E-state index is -0.897. The van der Waals surface area contributed by atoms with E-state index in [1.807, 2.05) is 49.4 Å². The average molecular weight is 514 g/mol. The van der Waals surface area contributed by atoms with Gasteiger partial charge in [0.05, 0.1) is 30.4 Å². The average Bonchev–Trinajstić information content (AvgIpc) is 3.19. The molecule has 6 nitrogen and oxygen atoms in total. The number of rotatable bonds is 6. The minimum Gasteiger partial charge on any atom is -0.507 e. The summed E-state index contributed by atoms with van der Waals surface area (Å²) in [6, 6.07) is 24.2. The maximum atomic E-state index is 13.6. The maximum absolute atomic E-state index is 13.6. The molecule has 0 spiro atoms. The molecule has 5 rings (SSSR count). The summed E-state index contributed by atoms with van der Waals surface area (Å²) in [5.41, 5.74) is 1.36. The van der Waals surface area contributed by atoms with Crippen molar-refractivity contribution in [2.24, 2.45) is 0 Å². The molecule has 0 aliphatic carbocycles. The SMILES string of the molecule is CCOc1ccc(Cl)c(/C(O)=C2\C(=O)C(=O)N(c3ccc(OC)cc3)C2c2cccc3ccccc23)c1. The Balaban J connectivity index is 1.78. The highest BCUT2D eigenvalue weighted by Crippen LogP contribution is 2.45. The molecular weight excluding hydrogens is 490 g/mol. The van der Waals surface area contributed by atoms with Crippen molar-refractivity contribution in [2.75, 3.05) is 18.6 Å². The van der Waals surface area contributed by atoms with E-state index in [2.05, 4.69) is 0 Å². The van der Waals surface area contributed by atoms with Gasteiger partial charge >= 0.3 is 0 Å². The van der Waals surface area contributed by atoms with Gasteiger partial charge in [-0.05, 0) is 65.7 Å². The van der Waals surface area contributed by atoms with Crippen LogP contribution < -0.4 is 14.4 Å². The Hall–Kier alpha value is -4.29. The lowest BCUT2D eigenvalue weighted by Crippen LogP contribution is -2.29. The summed E-state index contributed by atoms with van der Waals surface area (Å²) in [6.45, 7) is 2.26. The molecular formula is C30H24ClNO5. The van der Waals surface area contributed by atoms with E-state index in [0.717, 1.165) is 10.8 Å². The summed E-state index contributed by atoms with van der Waals surface area (Å²) in [5.74, 6) is -0.814. The Morgan fingerprint density at radius 1 is 0.946 bits per heavy atom. The van der Waals surface area contributed by atoms with Crippen LogP contribution in [0.2, 0.25) is 5.02 Å². The summed E-state index contributed by atoms with van der Waals surface area (Å²) in [4.78, 5) is 28.5. The predicted octanol–water partition coefficient (Wildman–Crippen LogP) is 6.53. The number of carbonyl (C=O) groups is 2. The highest BCUT2D eigenvalue weighted by atomic mass is 35.5. The Bertz CT molecular complexity index is 1540. The van der Waals surface area contributed by atoms with Crippen LogP contribution in [0.4, 0.5) is 5.69 Å². The first-order valence-corrected chi connectivity index (χ1v) is 12.2. The zero-order chi connectivity index (χ0) is 26.1. The van der Waals surface area contributed by atoms with Crippen LogP contribution in [0.15, 0.2) is 90.5 Å². The van der Waals surface area contributed by atoms with Gasteiger partial charge in [0.15, 0.2) is 0 Å². The molecule has 1 heterocycles. The Kier molecular flexibility index (Phi) is 6.59. The number of halogens is 1. The van der Waals surface area contributed by atoms with Gasteiger partial charge in [0.2, 0.25) is 0 Å². The number of fused-ring (bicyclic) bond motifs is 1. The van der Waals surface area contributed by atoms with E-state index >= 15 is 0 Å². The topological polar surface area (TPSA) is 76.1 Å². The lowest BCUT2D eigenvalue weighted by Gasteiger charge is -2.26. The molecule has 186 valence electrons. The third kappa shape index (κ3) is 4.30. The van der Waals surface area contributed by atoms with Crippen LogP contribution in [0, 0.1) is 0 Å². The number of Topliss-reactive ketones (excluding diaryl/α,β-unsaturated/α-hetero) is 1. The monoisotopic (exact) mass is 513 g/mol. The number of ether oxygens (including phenoxy) is 2. The van der Waals surface area contributed by atoms with Crippen LogP contribution in [-0.2, 0) is 9.59 Å². The second-order valence-corrected chi connectivity index (χ2v) is 8.92. The predicted molar refractivity (Wildman–Crippen MR) is 144 cm³/mol. The van der Waals surface area contributed by atoms with Gasteiger partial charge < -0.3 is 14.6 Å². The molecule has 1 N–H and O–H groups in total. The molecule has 37 heavy (non-hydrogen) atoms. The Morgan fingerprint density at radius 3 is 2.38 bits per heavy atom. The lowest BCUT2D eigenvalue weighted by atomic mass is 9.91. The molecule has 1 atom stereocenters. The van der Waals surface area contributed by atoms with Gasteiger partial charge in [-0.3, -0.25) is 14.5 Å². The number of hydrogen-bond acceptors (Lipinski definition) is 5. The van der Waals surface area contributed by atoms with E-state index in [-0.39, 0.29) is 21.9 Å². The van der Waals surface area contributed by atoms with Crippen molar-refractivity contribution in [3.05, 3.63) is 107 Å². The number of anilines is 1. The first-order chi connectivity index (χ1) is 17.9. The molecule has 0 aromatic heterocycles. The number of ketones is 1. The molecule has 4 aromatic rings. The van der Waals surface area contributed by atoms with Crippen LogP contribution >= 0.6 is 11.6 Å². The van der Waals surface area contributed by atoms with E-state index in [9.17, 15) is 14.7 Å². The van der Waals surface area contributed by atoms with Gasteiger partial charge in [-0.1, -0.05) is 54.1 Å². The lowest BCUT2D eigenvalue weighted by molar-refractivity contribution is -0.132. The molecule has 0 bridgehead atoms. The highest BCUT2D eigenvalue weighted by Gasteiger charge is 2.47. The second-order valence-electron chi connectivity index (χ2n) is 8.51. The molecule has 0 saturated carbocycles. The molecule has 1 aliphatic heterocycles. The quantitative estimate of drug-likeness (QED) is 0.180. The van der Waals surface area contributed by atoms with Gasteiger partial charge in [-0.25, -0.2) is 0 Å². The van der Waals surface area contributed by atoms with Crippen molar-refractivity contribution < 1.29 is 24.2 Å². The van der Waals surface area contributed by atoms with E-state index in [0.29, 0.717) is 29.4 Å². The third-order valence-electron chi connectivity index (χ3n) is 6.42. The number of benzene rings is 4. The zero-order valence-corrected chi connectivity index (χ0v) is 21.0. The van der Waals surface area contributed by atoms with E-state index < -0.39 is 17.7 Å². The van der Waals surface area contributed by atoms with E-state index in [1.165, 1.54) is 4.90 Å². The van der Waals surface area contributed by atoms with Crippen molar-refractivity contribution >= 4 is 45.5 Å². The molecule has 1 aliphatic rings. The zero-order valence-electron chi connectivity index (χ0n) is 20.3. The molecule has 1 fully saturated rings. The van der Waals surface area contributed by atoms with Crippen molar-refractivity contribution in [3.63, 3.8) is 0 Å². The van der Waals surface area contributed by atoms with Gasteiger partial charge in [-0.15, -0.1) is 0 Å². The number of aliphatic hydroxyl groups is 1. The molecule has 4 aromatic carbocycles. The standard InChI is InChI=1S/C30H24ClNO5/c1-3-37-21-15-16-25(31)24(17-21)28(33)26-27(23-10-6-8-18-7-4-5-9-22(18)23)32(30(35)29(26)34)19-11-13-20(36-2)14-12-19/h4-17,27,33H,3H2,1-2H3/b28-26+. The largest absolute Gasteiger partial charge is 0.507 e. The highest BCUT2D eigenvalue weighted by molar-refractivity contribution is 6.52. The molecule has 0 radical (unpaired) electrons. The molecule has 1 saturated heterocycles. The van der Waals surface area contributed by atoms with E-state index in [1.54, 1.807) is 49.6 Å². The number of nitrogens with zero attached hydrogens (tertiary/aromatic N) is 1. The maximum Gasteiger partial charge on any atom is 0.300 e. The second kappa shape index (κ2) is 9.99. The van der Waals surface area contributed by atoms with Crippen LogP contribution in [0.5, 0.6) is 11.5 Å². The van der Waals surface area contributed by atoms with Gasteiger partial charge in [0.25, 0.3) is 11.7 Å². The van der Waals surface area contributed by atoms with Crippen LogP contribution in [0.3, 0.4) is 0 Å². The number of hydrogen-bond donors (Lipinski definition) is 1. The third-order valence-corrected chi connectivity index (χ3v) is 6.75. The first kappa shape index (κ1) is 24.4. The first-order valence-electron chi connectivity index (χ1n) is 11.8. The number of aliphatic hydroxyl groups excluding tert-OH is 1. The van der Waals surface area contributed by atoms with Gasteiger partial charge in [0, 0.05) is 11.3 Å². The van der Waals surface area contributed by atoms with Crippen molar-refractivity contribution in [1.29, 1.82) is 0 Å². The van der Waals surface area contributed by atoms with Crippen molar-refractivity contribution in [3.8, 4) is 11.5 Å². The molecule has 1 unspecified atom stereocenters. The van der Waals surface area contributed by atoms with Crippen molar-refractivity contribution in [1.82, 2.24) is 0 Å². The summed E-state index contributed by atoms with van der Waals surface area (Å²) < 4.78 is 10.8. The number of amides is 1. The fourth-order valence-electron chi connectivity index (χ4n) is 4.71. The van der Waals surface area contributed by atoms with Crippen LogP contribution in [-0.4, -0.2) is 30.5 Å². The Labute approximate surface area is 219 Å². The minimum absolute atomic E-state index is 0.0484. The number of carbonyl (C=O) groups excluding carboxylic acids is 2. The normalized spacial score (nSPS) is 16.8. The van der Waals surface area contributed by atoms with Crippen LogP contribution in [0.1, 0.15) is 24.1 Å². The van der Waals surface area contributed by atoms with Crippen LogP contribution in [0.25, 0.3) is 16.5 Å². The summed E-state index contributed by atoms with van der Waals surface area (Å²) in [6.07, 6.45) is 0. The smallest absolute Gasteiger partial charge is 0.300 e. The molecule has 1 amide bonds. The van der Waals surface area contributed by atoms with Gasteiger partial charge in [0.1, 0.15) is 17.3 Å². The Morgan fingerprint density at radius 2 is 1.65 bits per heavy atom. The van der Waals surface area contributed by atoms with Crippen molar-refractivity contribution in [2.45, 2.75) is 13.0 Å². The fourth-order valence-corrected chi connectivity index (χ4v) is 4.92. The molecule has 7 heteroatoms. The van der Waals surface area contributed by atoms with E-state index in [4.69, 9.17) is 21.1 Å². The summed E-state index contributed by atoms with van der Waals surface area (Å²) in [7, 11) is 1.55. The fraction of sp³-hybridized carbons (Fsp3) is 0.133. The number of methoxy groups -OCH3 is 1. The van der Waals surface area contributed by atoms with Gasteiger partial charge in [-0.2, -0.15) is 0 Å².